The molecular formula is C27H36N2O4. The van der Waals surface area contributed by atoms with Gasteiger partial charge in [-0.05, 0) is 62.3 Å². The average Bonchev–Trinajstić information content (AvgIpc) is 3.57. The van der Waals surface area contributed by atoms with Gasteiger partial charge < -0.3 is 19.3 Å². The van der Waals surface area contributed by atoms with Crippen molar-refractivity contribution in [2.24, 2.45) is 5.92 Å². The van der Waals surface area contributed by atoms with Gasteiger partial charge in [0.2, 0.25) is 0 Å². The highest BCUT2D eigenvalue weighted by atomic mass is 16.6. The molecule has 33 heavy (non-hydrogen) atoms. The van der Waals surface area contributed by atoms with E-state index in [2.05, 4.69) is 0 Å². The normalized spacial score (nSPS) is 22.4. The van der Waals surface area contributed by atoms with Crippen molar-refractivity contribution >= 4 is 6.09 Å². The minimum absolute atomic E-state index is 0.0446. The van der Waals surface area contributed by atoms with Crippen molar-refractivity contribution in [2.45, 2.75) is 83.6 Å². The number of rotatable bonds is 7. The van der Waals surface area contributed by atoms with Crippen molar-refractivity contribution in [3.8, 4) is 11.1 Å². The Hall–Kier alpha value is -2.60. The molecule has 178 valence electrons. The van der Waals surface area contributed by atoms with Crippen LogP contribution in [0.25, 0.3) is 11.1 Å². The molecule has 1 aliphatic heterocycles. The molecule has 1 saturated heterocycles. The second-order valence-electron chi connectivity index (χ2n) is 10.7. The summed E-state index contributed by atoms with van der Waals surface area (Å²) in [5, 5.41) is 10.4. The molecule has 2 unspecified atom stereocenters. The fourth-order valence-corrected chi connectivity index (χ4v) is 4.96. The molecule has 2 fully saturated rings. The predicted octanol–water partition coefficient (Wildman–Crippen LogP) is 5.31. The van der Waals surface area contributed by atoms with E-state index in [4.69, 9.17) is 4.74 Å². The van der Waals surface area contributed by atoms with Crippen LogP contribution in [0.2, 0.25) is 0 Å². The number of aromatic nitrogens is 1. The Kier molecular flexibility index (Phi) is 6.16. The fourth-order valence-electron chi connectivity index (χ4n) is 4.96. The Balaban J connectivity index is 1.47. The van der Waals surface area contributed by atoms with E-state index in [0.717, 1.165) is 29.5 Å². The molecule has 6 heteroatoms. The van der Waals surface area contributed by atoms with Gasteiger partial charge in [-0.3, -0.25) is 4.79 Å². The van der Waals surface area contributed by atoms with Gasteiger partial charge in [0.25, 0.3) is 5.56 Å². The maximum atomic E-state index is 13.0. The van der Waals surface area contributed by atoms with Crippen LogP contribution in [0.3, 0.4) is 0 Å². The maximum Gasteiger partial charge on any atom is 0.410 e. The summed E-state index contributed by atoms with van der Waals surface area (Å²) >= 11 is 0. The second kappa shape index (κ2) is 8.64. The van der Waals surface area contributed by atoms with E-state index in [1.165, 1.54) is 0 Å². The van der Waals surface area contributed by atoms with Crippen LogP contribution in [0.4, 0.5) is 4.79 Å². The van der Waals surface area contributed by atoms with Gasteiger partial charge in [0, 0.05) is 37.7 Å². The lowest BCUT2D eigenvalue weighted by Gasteiger charge is -2.47. The zero-order chi connectivity index (χ0) is 24.0. The minimum atomic E-state index is -0.909. The molecule has 0 radical (unpaired) electrons. The first-order valence-corrected chi connectivity index (χ1v) is 12.0. The molecule has 2 atom stereocenters. The molecule has 1 amide bonds. The van der Waals surface area contributed by atoms with Crippen molar-refractivity contribution in [3.05, 3.63) is 58.5 Å². The summed E-state index contributed by atoms with van der Waals surface area (Å²) in [5.41, 5.74) is 1.38. The first kappa shape index (κ1) is 23.6. The highest BCUT2D eigenvalue weighted by Crippen LogP contribution is 2.40. The van der Waals surface area contributed by atoms with Crippen LogP contribution in [0.1, 0.15) is 77.9 Å². The number of pyridine rings is 1. The van der Waals surface area contributed by atoms with Gasteiger partial charge >= 0.3 is 6.09 Å². The molecule has 1 N–H and O–H groups in total. The lowest BCUT2D eigenvalue weighted by molar-refractivity contribution is -0.119. The van der Waals surface area contributed by atoms with Gasteiger partial charge in [-0.2, -0.15) is 0 Å². The quantitative estimate of drug-likeness (QED) is 0.618. The van der Waals surface area contributed by atoms with Crippen LogP contribution >= 0.6 is 0 Å². The summed E-state index contributed by atoms with van der Waals surface area (Å²) in [4.78, 5) is 27.2. The zero-order valence-corrected chi connectivity index (χ0v) is 20.4. The van der Waals surface area contributed by atoms with E-state index in [1.807, 2.05) is 61.9 Å². The minimum Gasteiger partial charge on any atom is -0.442 e. The van der Waals surface area contributed by atoms with Crippen molar-refractivity contribution in [3.63, 3.8) is 0 Å². The van der Waals surface area contributed by atoms with Crippen LogP contribution in [0.5, 0.6) is 0 Å². The fraction of sp³-hybridized carbons (Fsp3) is 0.556. The Bertz CT molecular complexity index is 1060. The molecule has 2 heterocycles. The summed E-state index contributed by atoms with van der Waals surface area (Å²) in [6, 6.07) is 12.0. The molecule has 2 aromatic rings. The molecule has 0 bridgehead atoms. The Morgan fingerprint density at radius 3 is 2.27 bits per heavy atom. The van der Waals surface area contributed by atoms with Gasteiger partial charge in [-0.25, -0.2) is 4.79 Å². The van der Waals surface area contributed by atoms with Crippen molar-refractivity contribution in [1.29, 1.82) is 0 Å². The van der Waals surface area contributed by atoms with E-state index in [0.29, 0.717) is 25.4 Å². The van der Waals surface area contributed by atoms with E-state index in [9.17, 15) is 14.7 Å². The number of ether oxygens (including phenoxy) is 1. The number of aliphatic hydroxyl groups is 1. The van der Waals surface area contributed by atoms with Crippen molar-refractivity contribution < 1.29 is 14.6 Å². The standard InChI is InChI=1S/C27H36N2O4/c1-18(2)27(17-26(4,5)32)13-15-28(25(31)33-27)19(3)20-6-8-21(9-7-20)22-12-14-29(23-10-11-23)24(30)16-22/h6-9,12,14,16,18-19,23,32H,10-11,13,15,17H2,1-5H3. The summed E-state index contributed by atoms with van der Waals surface area (Å²) in [6.45, 7) is 10.2. The molecule has 0 spiro atoms. The summed E-state index contributed by atoms with van der Waals surface area (Å²) < 4.78 is 7.81. The number of cyclic esters (lactones) is 1. The van der Waals surface area contributed by atoms with Crippen LogP contribution in [0.15, 0.2) is 47.4 Å². The molecule has 1 aromatic carbocycles. The molecule has 4 rings (SSSR count). The SMILES string of the molecule is CC(c1ccc(-c2ccn(C3CC3)c(=O)c2)cc1)N1CCC(CC(C)(C)O)(C(C)C)OC1=O. The third-order valence-electron chi connectivity index (χ3n) is 7.17. The van der Waals surface area contributed by atoms with Gasteiger partial charge in [0.1, 0.15) is 5.60 Å². The number of hydrogen-bond donors (Lipinski definition) is 1. The van der Waals surface area contributed by atoms with Crippen molar-refractivity contribution in [2.75, 3.05) is 6.54 Å². The lowest BCUT2D eigenvalue weighted by atomic mass is 9.77. The number of carbonyl (C=O) groups excluding carboxylic acids is 1. The van der Waals surface area contributed by atoms with E-state index in [-0.39, 0.29) is 23.6 Å². The van der Waals surface area contributed by atoms with Crippen LogP contribution in [-0.4, -0.2) is 38.4 Å². The molecule has 6 nitrogen and oxygen atoms in total. The van der Waals surface area contributed by atoms with E-state index in [1.54, 1.807) is 24.8 Å². The maximum absolute atomic E-state index is 13.0. The van der Waals surface area contributed by atoms with E-state index >= 15 is 0 Å². The molecule has 2 aliphatic rings. The van der Waals surface area contributed by atoms with Crippen LogP contribution in [-0.2, 0) is 4.74 Å². The number of amides is 1. The monoisotopic (exact) mass is 452 g/mol. The largest absolute Gasteiger partial charge is 0.442 e. The third kappa shape index (κ3) is 5.01. The third-order valence-corrected chi connectivity index (χ3v) is 7.17. The highest BCUT2D eigenvalue weighted by Gasteiger charge is 2.47. The van der Waals surface area contributed by atoms with Gasteiger partial charge in [0.05, 0.1) is 11.6 Å². The zero-order valence-electron chi connectivity index (χ0n) is 20.4. The molecule has 1 aliphatic carbocycles. The lowest BCUT2D eigenvalue weighted by Crippen LogP contribution is -2.55. The Morgan fingerprint density at radius 1 is 1.09 bits per heavy atom. The van der Waals surface area contributed by atoms with E-state index < -0.39 is 11.2 Å². The van der Waals surface area contributed by atoms with Gasteiger partial charge in [-0.1, -0.05) is 38.1 Å². The van der Waals surface area contributed by atoms with Crippen molar-refractivity contribution in [1.82, 2.24) is 9.47 Å². The first-order chi connectivity index (χ1) is 15.5. The Labute approximate surface area is 196 Å². The van der Waals surface area contributed by atoms with Crippen LogP contribution < -0.4 is 5.56 Å². The smallest absolute Gasteiger partial charge is 0.410 e. The topological polar surface area (TPSA) is 71.8 Å². The predicted molar refractivity (Wildman–Crippen MR) is 129 cm³/mol. The second-order valence-corrected chi connectivity index (χ2v) is 10.7. The first-order valence-electron chi connectivity index (χ1n) is 12.0. The molecule has 1 aromatic heterocycles. The molecule has 1 saturated carbocycles. The van der Waals surface area contributed by atoms with Gasteiger partial charge in [-0.15, -0.1) is 0 Å². The highest BCUT2D eigenvalue weighted by molar-refractivity contribution is 5.70. The summed E-state index contributed by atoms with van der Waals surface area (Å²) in [5.74, 6) is 0.111. The summed E-state index contributed by atoms with van der Waals surface area (Å²) in [7, 11) is 0. The number of nitrogens with zero attached hydrogens (tertiary/aromatic N) is 2. The van der Waals surface area contributed by atoms with Gasteiger partial charge in [0.15, 0.2) is 0 Å². The average molecular weight is 453 g/mol. The molecular weight excluding hydrogens is 416 g/mol. The van der Waals surface area contributed by atoms with Crippen LogP contribution in [0, 0.1) is 5.92 Å². The number of hydrogen-bond acceptors (Lipinski definition) is 4. The number of benzene rings is 1. The Morgan fingerprint density at radius 2 is 1.76 bits per heavy atom. The summed E-state index contributed by atoms with van der Waals surface area (Å²) in [6.07, 6.45) is 4.82. The number of carbonyl (C=O) groups is 1.